The van der Waals surface area contributed by atoms with E-state index in [0.29, 0.717) is 25.1 Å². The molecule has 0 bridgehead atoms. The number of carbonyl (C=O) groups is 1. The second kappa shape index (κ2) is 7.80. The van der Waals surface area contributed by atoms with Gasteiger partial charge in [-0.15, -0.1) is 0 Å². The van der Waals surface area contributed by atoms with Crippen LogP contribution in [0.2, 0.25) is 0 Å². The van der Waals surface area contributed by atoms with Crippen molar-refractivity contribution in [3.63, 3.8) is 0 Å². The molecule has 27 heavy (non-hydrogen) atoms. The largest absolute Gasteiger partial charge is 0.389 e. The molecule has 1 amide bonds. The normalized spacial score (nSPS) is 23.0. The minimum Gasteiger partial charge on any atom is -0.389 e. The van der Waals surface area contributed by atoms with E-state index in [1.54, 1.807) is 12.1 Å². The molecule has 2 aromatic rings. The minimum absolute atomic E-state index is 0.110. The molecule has 7 heteroatoms. The smallest absolute Gasteiger partial charge is 0.225 e. The molecule has 144 valence electrons. The van der Waals surface area contributed by atoms with Crippen LogP contribution in [0.5, 0.6) is 0 Å². The van der Waals surface area contributed by atoms with Crippen LogP contribution < -0.4 is 10.6 Å². The molecule has 0 saturated carbocycles. The molecule has 3 rings (SSSR count). The number of aliphatic hydroxyl groups excluding tert-OH is 1. The number of amides is 1. The SMILES string of the molecule is CS(=O)(=O)c1ccc(CC(=O)N[C@@]2(c3ccccc3)CCNC[C@H]2O)cc1. The van der Waals surface area contributed by atoms with Gasteiger partial charge in [-0.3, -0.25) is 4.79 Å². The standard InChI is InChI=1S/C20H24N2O4S/c1-27(25,26)17-9-7-15(8-10-17)13-19(24)22-20(11-12-21-14-18(20)23)16-5-3-2-4-6-16/h2-10,18,21,23H,11-14H2,1H3,(H,22,24)/t18-,20-/m1/s1. The summed E-state index contributed by atoms with van der Waals surface area (Å²) in [6.45, 7) is 1.09. The number of hydrogen-bond acceptors (Lipinski definition) is 5. The first kappa shape index (κ1) is 19.5. The predicted octanol–water partition coefficient (Wildman–Crippen LogP) is 0.998. The fourth-order valence-electron chi connectivity index (χ4n) is 3.49. The molecule has 0 unspecified atom stereocenters. The summed E-state index contributed by atoms with van der Waals surface area (Å²) in [5.74, 6) is -0.216. The summed E-state index contributed by atoms with van der Waals surface area (Å²) >= 11 is 0. The lowest BCUT2D eigenvalue weighted by atomic mass is 9.79. The van der Waals surface area contributed by atoms with Gasteiger partial charge in [0.2, 0.25) is 5.91 Å². The van der Waals surface area contributed by atoms with Gasteiger partial charge in [-0.2, -0.15) is 0 Å². The van der Waals surface area contributed by atoms with Crippen LogP contribution in [0, 0.1) is 0 Å². The van der Waals surface area contributed by atoms with Crippen LogP contribution in [0.15, 0.2) is 59.5 Å². The Hall–Kier alpha value is -2.22. The van der Waals surface area contributed by atoms with Crippen molar-refractivity contribution in [2.75, 3.05) is 19.3 Å². The molecule has 6 nitrogen and oxygen atoms in total. The monoisotopic (exact) mass is 388 g/mol. The highest BCUT2D eigenvalue weighted by Gasteiger charge is 2.42. The van der Waals surface area contributed by atoms with E-state index >= 15 is 0 Å². The van der Waals surface area contributed by atoms with E-state index in [9.17, 15) is 18.3 Å². The first-order valence-electron chi connectivity index (χ1n) is 8.85. The molecule has 3 N–H and O–H groups in total. The molecule has 1 heterocycles. The van der Waals surface area contributed by atoms with Gasteiger partial charge >= 0.3 is 0 Å². The summed E-state index contributed by atoms with van der Waals surface area (Å²) in [4.78, 5) is 12.9. The molecule has 0 radical (unpaired) electrons. The van der Waals surface area contributed by atoms with Crippen molar-refractivity contribution in [1.82, 2.24) is 10.6 Å². The number of piperidine rings is 1. The summed E-state index contributed by atoms with van der Waals surface area (Å²) in [5, 5.41) is 16.9. The van der Waals surface area contributed by atoms with Gasteiger partial charge < -0.3 is 15.7 Å². The average molecular weight is 388 g/mol. The van der Waals surface area contributed by atoms with Gasteiger partial charge in [0.25, 0.3) is 0 Å². The Bertz CT molecular complexity index is 897. The van der Waals surface area contributed by atoms with Crippen LogP contribution in [0.3, 0.4) is 0 Å². The van der Waals surface area contributed by atoms with E-state index in [2.05, 4.69) is 10.6 Å². The quantitative estimate of drug-likeness (QED) is 0.710. The van der Waals surface area contributed by atoms with Gasteiger partial charge in [0.1, 0.15) is 0 Å². The molecule has 1 saturated heterocycles. The van der Waals surface area contributed by atoms with E-state index in [0.717, 1.165) is 11.8 Å². The highest BCUT2D eigenvalue weighted by Crippen LogP contribution is 2.31. The number of sulfone groups is 1. The highest BCUT2D eigenvalue weighted by molar-refractivity contribution is 7.90. The van der Waals surface area contributed by atoms with E-state index in [4.69, 9.17) is 0 Å². The van der Waals surface area contributed by atoms with Crippen LogP contribution in [0.1, 0.15) is 17.5 Å². The van der Waals surface area contributed by atoms with Crippen molar-refractivity contribution >= 4 is 15.7 Å². The lowest BCUT2D eigenvalue weighted by molar-refractivity contribution is -0.125. The number of β-amino-alcohol motifs (C(OH)–C–C–N with tert-alkyl or cyclic N) is 1. The Labute approximate surface area is 159 Å². The van der Waals surface area contributed by atoms with Gasteiger partial charge in [-0.25, -0.2) is 8.42 Å². The van der Waals surface area contributed by atoms with E-state index in [-0.39, 0.29) is 17.2 Å². The van der Waals surface area contributed by atoms with E-state index < -0.39 is 21.5 Å². The molecule has 1 aliphatic heterocycles. The predicted molar refractivity (Wildman–Crippen MR) is 103 cm³/mol. The van der Waals surface area contributed by atoms with Crippen molar-refractivity contribution in [1.29, 1.82) is 0 Å². The second-order valence-corrected chi connectivity index (χ2v) is 8.96. The van der Waals surface area contributed by atoms with Crippen molar-refractivity contribution in [3.05, 3.63) is 65.7 Å². The Kier molecular flexibility index (Phi) is 5.64. The first-order valence-corrected chi connectivity index (χ1v) is 10.7. The lowest BCUT2D eigenvalue weighted by Gasteiger charge is -2.43. The average Bonchev–Trinajstić information content (AvgIpc) is 2.64. The number of aliphatic hydroxyl groups is 1. The first-order chi connectivity index (χ1) is 12.8. The number of benzene rings is 2. The summed E-state index contributed by atoms with van der Waals surface area (Å²) < 4.78 is 23.1. The molecular weight excluding hydrogens is 364 g/mol. The third-order valence-corrected chi connectivity index (χ3v) is 6.10. The number of rotatable bonds is 5. The zero-order valence-electron chi connectivity index (χ0n) is 15.2. The zero-order valence-corrected chi connectivity index (χ0v) is 16.0. The van der Waals surface area contributed by atoms with Crippen LogP contribution in [0.4, 0.5) is 0 Å². The third-order valence-electron chi connectivity index (χ3n) is 4.97. The second-order valence-electron chi connectivity index (χ2n) is 6.95. The molecule has 0 spiro atoms. The fourth-order valence-corrected chi connectivity index (χ4v) is 4.12. The summed E-state index contributed by atoms with van der Waals surface area (Å²) in [5.41, 5.74) is 0.752. The Balaban J connectivity index is 1.79. The Morgan fingerprint density at radius 2 is 1.85 bits per heavy atom. The van der Waals surface area contributed by atoms with Crippen LogP contribution >= 0.6 is 0 Å². The summed E-state index contributed by atoms with van der Waals surface area (Å²) in [6.07, 6.45) is 1.09. The van der Waals surface area contributed by atoms with Crippen molar-refractivity contribution in [2.45, 2.75) is 29.4 Å². The number of nitrogens with one attached hydrogen (secondary N) is 2. The number of carbonyl (C=O) groups excluding carboxylic acids is 1. The molecule has 1 fully saturated rings. The Morgan fingerprint density at radius 3 is 2.44 bits per heavy atom. The van der Waals surface area contributed by atoms with Crippen molar-refractivity contribution < 1.29 is 18.3 Å². The van der Waals surface area contributed by atoms with Gasteiger partial charge in [0.15, 0.2) is 9.84 Å². The van der Waals surface area contributed by atoms with Crippen LogP contribution in [0.25, 0.3) is 0 Å². The van der Waals surface area contributed by atoms with E-state index in [1.165, 1.54) is 12.1 Å². The minimum atomic E-state index is -3.26. The maximum absolute atomic E-state index is 12.7. The fraction of sp³-hybridized carbons (Fsp3) is 0.350. The van der Waals surface area contributed by atoms with Crippen molar-refractivity contribution in [2.24, 2.45) is 0 Å². The molecule has 0 aliphatic carbocycles. The maximum atomic E-state index is 12.7. The highest BCUT2D eigenvalue weighted by atomic mass is 32.2. The van der Waals surface area contributed by atoms with Gasteiger partial charge in [0.05, 0.1) is 23.0 Å². The lowest BCUT2D eigenvalue weighted by Crippen LogP contribution is -2.61. The molecule has 2 atom stereocenters. The van der Waals surface area contributed by atoms with Crippen LogP contribution in [-0.2, 0) is 26.6 Å². The molecule has 2 aromatic carbocycles. The Morgan fingerprint density at radius 1 is 1.19 bits per heavy atom. The molecule has 1 aliphatic rings. The zero-order chi connectivity index (χ0) is 19.5. The van der Waals surface area contributed by atoms with Gasteiger partial charge in [-0.1, -0.05) is 42.5 Å². The van der Waals surface area contributed by atoms with Gasteiger partial charge in [-0.05, 0) is 36.2 Å². The van der Waals surface area contributed by atoms with E-state index in [1.807, 2.05) is 30.3 Å². The van der Waals surface area contributed by atoms with Gasteiger partial charge in [0, 0.05) is 12.8 Å². The van der Waals surface area contributed by atoms with Crippen molar-refractivity contribution in [3.8, 4) is 0 Å². The van der Waals surface area contributed by atoms with Crippen LogP contribution in [-0.4, -0.2) is 44.9 Å². The topological polar surface area (TPSA) is 95.5 Å². The third kappa shape index (κ3) is 4.37. The molecular formula is C20H24N2O4S. The maximum Gasteiger partial charge on any atom is 0.225 e. The molecule has 0 aromatic heterocycles. The summed E-state index contributed by atoms with van der Waals surface area (Å²) in [7, 11) is -3.26. The summed E-state index contributed by atoms with van der Waals surface area (Å²) in [6, 6.07) is 15.8. The number of hydrogen-bond donors (Lipinski definition) is 3.